The molecule has 2 heterocycles. The van der Waals surface area contributed by atoms with Gasteiger partial charge >= 0.3 is 0 Å². The van der Waals surface area contributed by atoms with Crippen LogP contribution < -0.4 is 16.2 Å². The molecule has 2 aromatic rings. The van der Waals surface area contributed by atoms with E-state index in [4.69, 9.17) is 5.84 Å². The van der Waals surface area contributed by atoms with Gasteiger partial charge < -0.3 is 10.3 Å². The topological polar surface area (TPSA) is 80.0 Å². The number of anilines is 2. The van der Waals surface area contributed by atoms with Crippen LogP contribution in [0.25, 0.3) is 0 Å². The third-order valence-electron chi connectivity index (χ3n) is 2.70. The van der Waals surface area contributed by atoms with E-state index < -0.39 is 0 Å². The van der Waals surface area contributed by atoms with E-state index in [-0.39, 0.29) is 0 Å². The maximum absolute atomic E-state index is 5.39. The second-order valence-electron chi connectivity index (χ2n) is 4.00. The van der Waals surface area contributed by atoms with Crippen LogP contribution in [0.3, 0.4) is 0 Å². The Kier molecular flexibility index (Phi) is 4.64. The van der Waals surface area contributed by atoms with Gasteiger partial charge in [-0.05, 0) is 28.1 Å². The number of hydrazine groups is 1. The molecule has 2 aromatic heterocycles. The van der Waals surface area contributed by atoms with Crippen LogP contribution in [0.2, 0.25) is 0 Å². The highest BCUT2D eigenvalue weighted by Crippen LogP contribution is 2.28. The molecule has 2 rings (SSSR count). The van der Waals surface area contributed by atoms with Crippen LogP contribution >= 0.6 is 15.9 Å². The predicted molar refractivity (Wildman–Crippen MR) is 78.8 cm³/mol. The summed E-state index contributed by atoms with van der Waals surface area (Å²) in [5, 5.41) is 0. The fourth-order valence-corrected chi connectivity index (χ4v) is 2.28. The maximum atomic E-state index is 5.39. The van der Waals surface area contributed by atoms with Crippen molar-refractivity contribution in [2.75, 3.05) is 23.9 Å². The number of halogens is 1. The molecule has 0 fully saturated rings. The number of hydrogen-bond acceptors (Lipinski definition) is 6. The average molecular weight is 323 g/mol. The standard InChI is InChI=1S/C12H15BrN6/c1-19(7-5-9-4-2-3-6-15-9)12-10(13)11(18-14)16-8-17-12/h2-4,6,8H,5,7,14H2,1H3,(H,16,17,18). The fourth-order valence-electron chi connectivity index (χ4n) is 1.66. The highest BCUT2D eigenvalue weighted by Gasteiger charge is 2.11. The van der Waals surface area contributed by atoms with Gasteiger partial charge in [0.2, 0.25) is 0 Å². The zero-order valence-electron chi connectivity index (χ0n) is 10.5. The summed E-state index contributed by atoms with van der Waals surface area (Å²) in [7, 11) is 1.97. The quantitative estimate of drug-likeness (QED) is 0.643. The van der Waals surface area contributed by atoms with E-state index in [1.807, 2.05) is 30.1 Å². The normalized spacial score (nSPS) is 10.3. The Labute approximate surface area is 120 Å². The highest BCUT2D eigenvalue weighted by molar-refractivity contribution is 9.10. The summed E-state index contributed by atoms with van der Waals surface area (Å²) in [6, 6.07) is 5.91. The van der Waals surface area contributed by atoms with E-state index in [0.29, 0.717) is 5.82 Å². The number of pyridine rings is 1. The minimum atomic E-state index is 0.565. The first kappa shape index (κ1) is 13.7. The Morgan fingerprint density at radius 3 is 2.84 bits per heavy atom. The lowest BCUT2D eigenvalue weighted by atomic mass is 10.2. The molecule has 0 radical (unpaired) electrons. The molecule has 0 spiro atoms. The first-order valence-corrected chi connectivity index (χ1v) is 6.60. The van der Waals surface area contributed by atoms with Gasteiger partial charge in [0.25, 0.3) is 0 Å². The molecule has 0 atom stereocenters. The zero-order valence-corrected chi connectivity index (χ0v) is 12.1. The van der Waals surface area contributed by atoms with Crippen LogP contribution in [0.15, 0.2) is 35.2 Å². The Balaban J connectivity index is 2.06. The molecule has 0 aliphatic rings. The lowest BCUT2D eigenvalue weighted by molar-refractivity contribution is 0.833. The molecule has 6 nitrogen and oxygen atoms in total. The van der Waals surface area contributed by atoms with Crippen molar-refractivity contribution in [1.82, 2.24) is 15.0 Å². The molecule has 0 aliphatic carbocycles. The summed E-state index contributed by atoms with van der Waals surface area (Å²) in [4.78, 5) is 14.6. The van der Waals surface area contributed by atoms with Crippen molar-refractivity contribution in [3.05, 3.63) is 40.9 Å². The number of nitrogens with two attached hydrogens (primary N) is 1. The van der Waals surface area contributed by atoms with Gasteiger partial charge in [-0.25, -0.2) is 15.8 Å². The van der Waals surface area contributed by atoms with E-state index >= 15 is 0 Å². The SMILES string of the molecule is CN(CCc1ccccn1)c1ncnc(NN)c1Br. The Hall–Kier alpha value is -1.73. The number of likely N-dealkylation sites (N-methyl/N-ethyl adjacent to an activating group) is 1. The van der Waals surface area contributed by atoms with Crippen LogP contribution in [-0.2, 0) is 6.42 Å². The number of aromatic nitrogens is 3. The van der Waals surface area contributed by atoms with Crippen molar-refractivity contribution >= 4 is 27.6 Å². The lowest BCUT2D eigenvalue weighted by Crippen LogP contribution is -2.23. The van der Waals surface area contributed by atoms with E-state index in [9.17, 15) is 0 Å². The smallest absolute Gasteiger partial charge is 0.159 e. The molecule has 100 valence electrons. The largest absolute Gasteiger partial charge is 0.358 e. The highest BCUT2D eigenvalue weighted by atomic mass is 79.9. The molecule has 0 bridgehead atoms. The van der Waals surface area contributed by atoms with Crippen molar-refractivity contribution in [1.29, 1.82) is 0 Å². The monoisotopic (exact) mass is 322 g/mol. The van der Waals surface area contributed by atoms with Gasteiger partial charge in [-0.3, -0.25) is 4.98 Å². The first-order chi connectivity index (χ1) is 9.22. The molecule has 19 heavy (non-hydrogen) atoms. The number of nitrogen functional groups attached to an aromatic ring is 1. The summed E-state index contributed by atoms with van der Waals surface area (Å²) in [6.45, 7) is 0.802. The van der Waals surface area contributed by atoms with Crippen LogP contribution in [-0.4, -0.2) is 28.5 Å². The van der Waals surface area contributed by atoms with Crippen LogP contribution in [0.5, 0.6) is 0 Å². The predicted octanol–water partition coefficient (Wildman–Crippen LogP) is 1.60. The van der Waals surface area contributed by atoms with Crippen molar-refractivity contribution in [2.24, 2.45) is 5.84 Å². The number of hydrogen-bond donors (Lipinski definition) is 2. The molecular weight excluding hydrogens is 308 g/mol. The average Bonchev–Trinajstić information content (AvgIpc) is 2.46. The second-order valence-corrected chi connectivity index (χ2v) is 4.79. The molecule has 0 aliphatic heterocycles. The third kappa shape index (κ3) is 3.39. The third-order valence-corrected chi connectivity index (χ3v) is 3.43. The Morgan fingerprint density at radius 2 is 2.16 bits per heavy atom. The number of nitrogens with zero attached hydrogens (tertiary/aromatic N) is 4. The van der Waals surface area contributed by atoms with Gasteiger partial charge in [0.1, 0.15) is 16.6 Å². The van der Waals surface area contributed by atoms with Gasteiger partial charge in [0.05, 0.1) is 0 Å². The summed E-state index contributed by atoms with van der Waals surface area (Å²) in [5.41, 5.74) is 3.58. The summed E-state index contributed by atoms with van der Waals surface area (Å²) in [6.07, 6.45) is 4.12. The second kappa shape index (κ2) is 6.44. The fraction of sp³-hybridized carbons (Fsp3) is 0.250. The van der Waals surface area contributed by atoms with Crippen molar-refractivity contribution in [2.45, 2.75) is 6.42 Å². The van der Waals surface area contributed by atoms with Gasteiger partial charge in [-0.2, -0.15) is 0 Å². The Bertz CT molecular complexity index is 533. The molecule has 0 unspecified atom stereocenters. The van der Waals surface area contributed by atoms with Gasteiger partial charge in [0.15, 0.2) is 5.82 Å². The van der Waals surface area contributed by atoms with E-state index in [1.165, 1.54) is 6.33 Å². The molecule has 7 heteroatoms. The van der Waals surface area contributed by atoms with Gasteiger partial charge in [-0.1, -0.05) is 6.07 Å². The first-order valence-electron chi connectivity index (χ1n) is 5.80. The van der Waals surface area contributed by atoms with Crippen LogP contribution in [0, 0.1) is 0 Å². The number of nitrogens with one attached hydrogen (secondary N) is 1. The summed E-state index contributed by atoms with van der Waals surface area (Å²) < 4.78 is 0.751. The van der Waals surface area contributed by atoms with Crippen LogP contribution in [0.4, 0.5) is 11.6 Å². The van der Waals surface area contributed by atoms with E-state index in [2.05, 4.69) is 36.3 Å². The molecule has 0 amide bonds. The molecule has 0 aromatic carbocycles. The van der Waals surface area contributed by atoms with E-state index in [0.717, 1.165) is 29.0 Å². The zero-order chi connectivity index (χ0) is 13.7. The lowest BCUT2D eigenvalue weighted by Gasteiger charge is -2.19. The molecule has 3 N–H and O–H groups in total. The van der Waals surface area contributed by atoms with Crippen molar-refractivity contribution in [3.8, 4) is 0 Å². The molecule has 0 saturated carbocycles. The van der Waals surface area contributed by atoms with Gasteiger partial charge in [0, 0.05) is 31.9 Å². The summed E-state index contributed by atoms with van der Waals surface area (Å²) in [5.74, 6) is 6.74. The minimum absolute atomic E-state index is 0.565. The van der Waals surface area contributed by atoms with Crippen molar-refractivity contribution < 1.29 is 0 Å². The van der Waals surface area contributed by atoms with Crippen LogP contribution in [0.1, 0.15) is 5.69 Å². The van der Waals surface area contributed by atoms with Gasteiger partial charge in [-0.15, -0.1) is 0 Å². The Morgan fingerprint density at radius 1 is 1.32 bits per heavy atom. The minimum Gasteiger partial charge on any atom is -0.358 e. The molecule has 0 saturated heterocycles. The van der Waals surface area contributed by atoms with Crippen molar-refractivity contribution in [3.63, 3.8) is 0 Å². The maximum Gasteiger partial charge on any atom is 0.159 e. The molecular formula is C12H15BrN6. The van der Waals surface area contributed by atoms with E-state index in [1.54, 1.807) is 6.20 Å². The summed E-state index contributed by atoms with van der Waals surface area (Å²) >= 11 is 3.44. The number of rotatable bonds is 5.